The van der Waals surface area contributed by atoms with E-state index in [1.807, 2.05) is 0 Å². The third-order valence-corrected chi connectivity index (χ3v) is 4.02. The van der Waals surface area contributed by atoms with Crippen LogP contribution in [0.15, 0.2) is 42.5 Å². The van der Waals surface area contributed by atoms with E-state index < -0.39 is 18.5 Å². The molecule has 0 fully saturated rings. The molecule has 8 heteroatoms. The van der Waals surface area contributed by atoms with Crippen LogP contribution in [0.25, 0.3) is 0 Å². The zero-order valence-corrected chi connectivity index (χ0v) is 16.5. The van der Waals surface area contributed by atoms with E-state index in [0.29, 0.717) is 29.1 Å². The van der Waals surface area contributed by atoms with E-state index in [1.54, 1.807) is 56.5 Å². The van der Waals surface area contributed by atoms with Gasteiger partial charge in [0.2, 0.25) is 0 Å². The summed E-state index contributed by atoms with van der Waals surface area (Å²) in [5.74, 6) is 0.490. The van der Waals surface area contributed by atoms with Crippen molar-refractivity contribution in [2.75, 3.05) is 27.4 Å². The molecule has 8 nitrogen and oxygen atoms in total. The maximum Gasteiger partial charge on any atom is 0.344 e. The van der Waals surface area contributed by atoms with Gasteiger partial charge >= 0.3 is 5.97 Å². The molecule has 0 unspecified atom stereocenters. The van der Waals surface area contributed by atoms with Gasteiger partial charge in [-0.25, -0.2) is 4.79 Å². The lowest BCUT2D eigenvalue weighted by Gasteiger charge is -2.18. The quantitative estimate of drug-likeness (QED) is 0.482. The molecular formula is C21H23NO7. The van der Waals surface area contributed by atoms with Crippen molar-refractivity contribution in [1.82, 2.24) is 5.32 Å². The molecule has 1 amide bonds. The first-order valence-electron chi connectivity index (χ1n) is 8.81. The second-order valence-corrected chi connectivity index (χ2v) is 6.03. The van der Waals surface area contributed by atoms with E-state index in [-0.39, 0.29) is 12.6 Å². The SMILES string of the molecule is COc1ccc(OC)c([C@@H](C)NC(=O)COC(=O)COc2ccc(C=O)cc2)c1. The van der Waals surface area contributed by atoms with E-state index in [2.05, 4.69) is 5.32 Å². The monoisotopic (exact) mass is 401 g/mol. The summed E-state index contributed by atoms with van der Waals surface area (Å²) in [6.07, 6.45) is 0.707. The minimum Gasteiger partial charge on any atom is -0.497 e. The van der Waals surface area contributed by atoms with Gasteiger partial charge in [0.05, 0.1) is 20.3 Å². The fourth-order valence-electron chi connectivity index (χ4n) is 2.51. The normalized spacial score (nSPS) is 11.1. The summed E-state index contributed by atoms with van der Waals surface area (Å²) in [4.78, 5) is 34.5. The van der Waals surface area contributed by atoms with Crippen molar-refractivity contribution in [3.05, 3.63) is 53.6 Å². The van der Waals surface area contributed by atoms with Gasteiger partial charge in [-0.3, -0.25) is 9.59 Å². The zero-order chi connectivity index (χ0) is 21.2. The van der Waals surface area contributed by atoms with Crippen LogP contribution in [0.3, 0.4) is 0 Å². The fourth-order valence-corrected chi connectivity index (χ4v) is 2.51. The van der Waals surface area contributed by atoms with Crippen molar-refractivity contribution in [3.63, 3.8) is 0 Å². The highest BCUT2D eigenvalue weighted by molar-refractivity contribution is 5.81. The van der Waals surface area contributed by atoms with Gasteiger partial charge in [0.25, 0.3) is 5.91 Å². The zero-order valence-electron chi connectivity index (χ0n) is 16.5. The van der Waals surface area contributed by atoms with Crippen LogP contribution >= 0.6 is 0 Å². The van der Waals surface area contributed by atoms with Crippen molar-refractivity contribution < 1.29 is 33.3 Å². The molecule has 1 N–H and O–H groups in total. The van der Waals surface area contributed by atoms with Gasteiger partial charge in [-0.15, -0.1) is 0 Å². The number of esters is 1. The molecule has 0 spiro atoms. The van der Waals surface area contributed by atoms with Gasteiger partial charge in [0.1, 0.15) is 23.5 Å². The largest absolute Gasteiger partial charge is 0.497 e. The Kier molecular flexibility index (Phi) is 8.02. The van der Waals surface area contributed by atoms with Crippen LogP contribution in [0.4, 0.5) is 0 Å². The molecule has 2 aromatic carbocycles. The summed E-state index contributed by atoms with van der Waals surface area (Å²) in [5.41, 5.74) is 1.23. The number of rotatable bonds is 10. The molecule has 0 aliphatic carbocycles. The van der Waals surface area contributed by atoms with Crippen LogP contribution in [-0.4, -0.2) is 45.6 Å². The number of nitrogens with one attached hydrogen (secondary N) is 1. The summed E-state index contributed by atoms with van der Waals surface area (Å²) in [7, 11) is 3.08. The van der Waals surface area contributed by atoms with Gasteiger partial charge < -0.3 is 24.3 Å². The second kappa shape index (κ2) is 10.7. The molecule has 29 heavy (non-hydrogen) atoms. The van der Waals surface area contributed by atoms with Crippen LogP contribution in [0, 0.1) is 0 Å². The lowest BCUT2D eigenvalue weighted by Crippen LogP contribution is -2.32. The molecule has 2 rings (SSSR count). The smallest absolute Gasteiger partial charge is 0.344 e. The first-order chi connectivity index (χ1) is 14.0. The molecule has 0 bridgehead atoms. The van der Waals surface area contributed by atoms with Crippen molar-refractivity contribution >= 4 is 18.2 Å². The molecule has 0 aliphatic heterocycles. The molecule has 0 aromatic heterocycles. The summed E-state index contributed by atoms with van der Waals surface area (Å²) in [6, 6.07) is 11.1. The van der Waals surface area contributed by atoms with E-state index in [0.717, 1.165) is 5.56 Å². The predicted octanol–water partition coefficient (Wildman–Crippen LogP) is 2.32. The van der Waals surface area contributed by atoms with Gasteiger partial charge in [-0.2, -0.15) is 0 Å². The number of benzene rings is 2. The third-order valence-electron chi connectivity index (χ3n) is 4.02. The Bertz CT molecular complexity index is 849. The summed E-state index contributed by atoms with van der Waals surface area (Å²) in [6.45, 7) is 0.985. The van der Waals surface area contributed by atoms with Crippen molar-refractivity contribution in [3.8, 4) is 17.2 Å². The van der Waals surface area contributed by atoms with Crippen molar-refractivity contribution in [2.45, 2.75) is 13.0 Å². The van der Waals surface area contributed by atoms with Gasteiger partial charge in [0, 0.05) is 11.1 Å². The van der Waals surface area contributed by atoms with Crippen molar-refractivity contribution in [1.29, 1.82) is 0 Å². The van der Waals surface area contributed by atoms with Crippen molar-refractivity contribution in [2.24, 2.45) is 0 Å². The number of carbonyl (C=O) groups excluding carboxylic acids is 3. The lowest BCUT2D eigenvalue weighted by atomic mass is 10.1. The van der Waals surface area contributed by atoms with E-state index in [1.165, 1.54) is 7.11 Å². The molecule has 2 aromatic rings. The Morgan fingerprint density at radius 1 is 1.00 bits per heavy atom. The third kappa shape index (κ3) is 6.53. The number of aldehydes is 1. The van der Waals surface area contributed by atoms with Crippen LogP contribution in [-0.2, 0) is 14.3 Å². The summed E-state index contributed by atoms with van der Waals surface area (Å²) in [5, 5.41) is 2.74. The average molecular weight is 401 g/mol. The van der Waals surface area contributed by atoms with Crippen LogP contribution in [0.1, 0.15) is 28.9 Å². The average Bonchev–Trinajstić information content (AvgIpc) is 2.75. The van der Waals surface area contributed by atoms with Gasteiger partial charge in [0.15, 0.2) is 13.2 Å². The van der Waals surface area contributed by atoms with E-state index in [9.17, 15) is 14.4 Å². The fraction of sp³-hybridized carbons (Fsp3) is 0.286. The van der Waals surface area contributed by atoms with Crippen LogP contribution in [0.2, 0.25) is 0 Å². The lowest BCUT2D eigenvalue weighted by molar-refractivity contribution is -0.150. The highest BCUT2D eigenvalue weighted by Gasteiger charge is 2.16. The predicted molar refractivity (Wildman–Crippen MR) is 104 cm³/mol. The Morgan fingerprint density at radius 2 is 1.69 bits per heavy atom. The van der Waals surface area contributed by atoms with E-state index in [4.69, 9.17) is 18.9 Å². The Morgan fingerprint density at radius 3 is 2.31 bits per heavy atom. The molecule has 1 atom stereocenters. The van der Waals surface area contributed by atoms with Gasteiger partial charge in [-0.1, -0.05) is 0 Å². The number of methoxy groups -OCH3 is 2. The molecular weight excluding hydrogens is 378 g/mol. The number of carbonyl (C=O) groups is 3. The summed E-state index contributed by atoms with van der Waals surface area (Å²) < 4.78 is 20.7. The minimum atomic E-state index is -0.689. The Labute approximate surface area is 168 Å². The van der Waals surface area contributed by atoms with E-state index >= 15 is 0 Å². The number of amides is 1. The molecule has 0 saturated carbocycles. The number of hydrogen-bond donors (Lipinski definition) is 1. The molecule has 0 radical (unpaired) electrons. The molecule has 0 aliphatic rings. The minimum absolute atomic E-state index is 0.354. The Hall–Kier alpha value is -3.55. The van der Waals surface area contributed by atoms with Gasteiger partial charge in [-0.05, 0) is 49.4 Å². The first-order valence-corrected chi connectivity index (χ1v) is 8.81. The highest BCUT2D eigenvalue weighted by Crippen LogP contribution is 2.29. The molecule has 154 valence electrons. The van der Waals surface area contributed by atoms with Crippen LogP contribution < -0.4 is 19.5 Å². The maximum atomic E-state index is 12.1. The second-order valence-electron chi connectivity index (χ2n) is 6.03. The highest BCUT2D eigenvalue weighted by atomic mass is 16.6. The Balaban J connectivity index is 1.81. The summed E-state index contributed by atoms with van der Waals surface area (Å²) >= 11 is 0. The maximum absolute atomic E-state index is 12.1. The van der Waals surface area contributed by atoms with Crippen LogP contribution in [0.5, 0.6) is 17.2 Å². The molecule has 0 saturated heterocycles. The molecule has 0 heterocycles. The number of ether oxygens (including phenoxy) is 4. The number of hydrogen-bond acceptors (Lipinski definition) is 7. The standard InChI is InChI=1S/C21H23NO7/c1-14(18-10-17(26-2)8-9-19(18)27-3)22-20(24)12-29-21(25)13-28-16-6-4-15(11-23)5-7-16/h4-11,14H,12-13H2,1-3H3,(H,22,24)/t14-/m1/s1. The first kappa shape index (κ1) is 21.7. The topological polar surface area (TPSA) is 100 Å².